The van der Waals surface area contributed by atoms with Gasteiger partial charge >= 0.3 is 0 Å². The molecule has 5 heteroatoms. The van der Waals surface area contributed by atoms with Crippen LogP contribution in [0.5, 0.6) is 0 Å². The fraction of sp³-hybridized carbons (Fsp3) is 0.0769. The number of halogens is 2. The molecule has 0 spiro atoms. The third-order valence-electron chi connectivity index (χ3n) is 2.39. The van der Waals surface area contributed by atoms with E-state index >= 15 is 0 Å². The van der Waals surface area contributed by atoms with Crippen LogP contribution in [0.25, 0.3) is 0 Å². The van der Waals surface area contributed by atoms with Crippen LogP contribution < -0.4 is 5.32 Å². The van der Waals surface area contributed by atoms with E-state index in [-0.39, 0.29) is 5.91 Å². The molecule has 1 aromatic heterocycles. The van der Waals surface area contributed by atoms with Crippen molar-refractivity contribution >= 4 is 43.5 Å². The summed E-state index contributed by atoms with van der Waals surface area (Å²) in [5.41, 5.74) is 2.18. The molecule has 0 saturated heterocycles. The van der Waals surface area contributed by atoms with Crippen molar-refractivity contribution in [2.24, 2.45) is 0 Å². The van der Waals surface area contributed by atoms with Crippen molar-refractivity contribution in [1.82, 2.24) is 4.98 Å². The maximum absolute atomic E-state index is 12.0. The van der Waals surface area contributed by atoms with E-state index in [0.29, 0.717) is 10.3 Å². The van der Waals surface area contributed by atoms with Gasteiger partial charge in [-0.25, -0.2) is 4.98 Å². The number of nitrogens with zero attached hydrogens (tertiary/aromatic N) is 1. The summed E-state index contributed by atoms with van der Waals surface area (Å²) < 4.78 is 1.52. The van der Waals surface area contributed by atoms with Crippen LogP contribution in [0.3, 0.4) is 0 Å². The molecular formula is C13H10Br2N2O. The molecule has 0 fully saturated rings. The lowest BCUT2D eigenvalue weighted by atomic mass is 10.2. The predicted octanol–water partition coefficient (Wildman–Crippen LogP) is 4.17. The van der Waals surface area contributed by atoms with Crippen LogP contribution in [0.15, 0.2) is 45.5 Å². The van der Waals surface area contributed by atoms with Crippen molar-refractivity contribution < 1.29 is 4.79 Å². The van der Waals surface area contributed by atoms with E-state index in [1.807, 2.05) is 25.1 Å². The molecule has 3 nitrogen and oxygen atoms in total. The number of aromatic nitrogens is 1. The molecule has 2 rings (SSSR count). The first-order valence-electron chi connectivity index (χ1n) is 5.27. The molecule has 0 radical (unpaired) electrons. The fourth-order valence-corrected chi connectivity index (χ4v) is 2.17. The Hall–Kier alpha value is -1.20. The Balaban J connectivity index is 2.24. The molecule has 92 valence electrons. The van der Waals surface area contributed by atoms with Crippen LogP contribution in [-0.4, -0.2) is 10.9 Å². The molecule has 1 aromatic carbocycles. The number of amides is 1. The quantitative estimate of drug-likeness (QED) is 0.807. The zero-order chi connectivity index (χ0) is 13.1. The summed E-state index contributed by atoms with van der Waals surface area (Å²) in [5, 5.41) is 2.83. The van der Waals surface area contributed by atoms with E-state index in [4.69, 9.17) is 0 Å². The number of carbonyl (C=O) groups is 1. The largest absolute Gasteiger partial charge is 0.320 e. The van der Waals surface area contributed by atoms with Gasteiger partial charge in [0.1, 0.15) is 10.3 Å². The van der Waals surface area contributed by atoms with E-state index in [9.17, 15) is 4.79 Å². The topological polar surface area (TPSA) is 42.0 Å². The molecule has 0 aliphatic rings. The lowest BCUT2D eigenvalue weighted by Crippen LogP contribution is -2.14. The second-order valence-corrected chi connectivity index (χ2v) is 5.34. The van der Waals surface area contributed by atoms with Crippen LogP contribution >= 0.6 is 31.9 Å². The highest BCUT2D eigenvalue weighted by molar-refractivity contribution is 9.10. The molecular weight excluding hydrogens is 360 g/mol. The average Bonchev–Trinajstić information content (AvgIpc) is 2.35. The fourth-order valence-electron chi connectivity index (χ4n) is 1.47. The Morgan fingerprint density at radius 2 is 1.89 bits per heavy atom. The first-order chi connectivity index (χ1) is 8.58. The van der Waals surface area contributed by atoms with E-state index in [1.54, 1.807) is 18.2 Å². The van der Waals surface area contributed by atoms with Gasteiger partial charge in [-0.15, -0.1) is 0 Å². The minimum Gasteiger partial charge on any atom is -0.320 e. The van der Waals surface area contributed by atoms with Gasteiger partial charge in [-0.05, 0) is 62.5 Å². The summed E-state index contributed by atoms with van der Waals surface area (Å²) in [5.74, 6) is -0.234. The van der Waals surface area contributed by atoms with E-state index in [0.717, 1.165) is 15.7 Å². The van der Waals surface area contributed by atoms with Crippen LogP contribution in [-0.2, 0) is 0 Å². The zero-order valence-electron chi connectivity index (χ0n) is 9.58. The zero-order valence-corrected chi connectivity index (χ0v) is 12.7. The van der Waals surface area contributed by atoms with Gasteiger partial charge in [-0.2, -0.15) is 0 Å². The number of rotatable bonds is 2. The SMILES string of the molecule is Cc1cccc(NC(=O)c2cccc(Br)n2)c1Br. The Kier molecular flexibility index (Phi) is 4.14. The Labute approximate surface area is 122 Å². The molecule has 1 heterocycles. The first-order valence-corrected chi connectivity index (χ1v) is 6.85. The number of hydrogen-bond donors (Lipinski definition) is 1. The van der Waals surface area contributed by atoms with Crippen molar-refractivity contribution in [1.29, 1.82) is 0 Å². The molecule has 1 amide bonds. The molecule has 1 N–H and O–H groups in total. The number of hydrogen-bond acceptors (Lipinski definition) is 2. The number of carbonyl (C=O) groups excluding carboxylic acids is 1. The molecule has 0 aliphatic heterocycles. The average molecular weight is 370 g/mol. The van der Waals surface area contributed by atoms with Gasteiger partial charge in [-0.3, -0.25) is 4.79 Å². The molecule has 0 unspecified atom stereocenters. The Morgan fingerprint density at radius 3 is 2.61 bits per heavy atom. The second kappa shape index (κ2) is 5.63. The molecule has 0 bridgehead atoms. The third kappa shape index (κ3) is 2.97. The Morgan fingerprint density at radius 1 is 1.17 bits per heavy atom. The highest BCUT2D eigenvalue weighted by atomic mass is 79.9. The van der Waals surface area contributed by atoms with Crippen molar-refractivity contribution in [3.05, 3.63) is 56.7 Å². The summed E-state index contributed by atoms with van der Waals surface area (Å²) in [6, 6.07) is 10.9. The van der Waals surface area contributed by atoms with Gasteiger partial charge < -0.3 is 5.32 Å². The lowest BCUT2D eigenvalue weighted by Gasteiger charge is -2.08. The minimum atomic E-state index is -0.234. The van der Waals surface area contributed by atoms with Crippen LogP contribution in [0.2, 0.25) is 0 Å². The van der Waals surface area contributed by atoms with Gasteiger partial charge in [-0.1, -0.05) is 18.2 Å². The maximum Gasteiger partial charge on any atom is 0.274 e. The van der Waals surface area contributed by atoms with Crippen molar-refractivity contribution in [3.8, 4) is 0 Å². The highest BCUT2D eigenvalue weighted by Gasteiger charge is 2.10. The number of aryl methyl sites for hydroxylation is 1. The smallest absolute Gasteiger partial charge is 0.274 e. The summed E-state index contributed by atoms with van der Waals surface area (Å²) in [6.45, 7) is 1.97. The standard InChI is InChI=1S/C13H10Br2N2O/c1-8-4-2-5-9(12(8)15)17-13(18)10-6-3-7-11(14)16-10/h2-7H,1H3,(H,17,18). The summed E-state index contributed by atoms with van der Waals surface area (Å²) >= 11 is 6.69. The van der Waals surface area contributed by atoms with Crippen molar-refractivity contribution in [3.63, 3.8) is 0 Å². The van der Waals surface area contributed by atoms with Crippen LogP contribution in [0, 0.1) is 6.92 Å². The minimum absolute atomic E-state index is 0.234. The summed E-state index contributed by atoms with van der Waals surface area (Å²) in [7, 11) is 0. The van der Waals surface area contributed by atoms with Crippen LogP contribution in [0.4, 0.5) is 5.69 Å². The van der Waals surface area contributed by atoms with E-state index in [2.05, 4.69) is 42.2 Å². The van der Waals surface area contributed by atoms with E-state index in [1.165, 1.54) is 0 Å². The Bertz CT molecular complexity index is 599. The van der Waals surface area contributed by atoms with Crippen LogP contribution in [0.1, 0.15) is 16.1 Å². The molecule has 2 aromatic rings. The lowest BCUT2D eigenvalue weighted by molar-refractivity contribution is 0.102. The monoisotopic (exact) mass is 368 g/mol. The van der Waals surface area contributed by atoms with Crippen molar-refractivity contribution in [2.45, 2.75) is 6.92 Å². The van der Waals surface area contributed by atoms with Gasteiger partial charge in [0.2, 0.25) is 0 Å². The van der Waals surface area contributed by atoms with Gasteiger partial charge in [0.05, 0.1) is 5.69 Å². The second-order valence-electron chi connectivity index (χ2n) is 3.74. The molecule has 0 saturated carbocycles. The normalized spacial score (nSPS) is 10.2. The van der Waals surface area contributed by atoms with Crippen molar-refractivity contribution in [2.75, 3.05) is 5.32 Å². The highest BCUT2D eigenvalue weighted by Crippen LogP contribution is 2.26. The van der Waals surface area contributed by atoms with E-state index < -0.39 is 0 Å². The molecule has 0 aliphatic carbocycles. The number of anilines is 1. The third-order valence-corrected chi connectivity index (χ3v) is 3.88. The number of nitrogens with one attached hydrogen (secondary N) is 1. The predicted molar refractivity (Wildman–Crippen MR) is 78.8 cm³/mol. The number of benzene rings is 1. The maximum atomic E-state index is 12.0. The first kappa shape index (κ1) is 13.2. The van der Waals surface area contributed by atoms with Gasteiger partial charge in [0.15, 0.2) is 0 Å². The molecule has 18 heavy (non-hydrogen) atoms. The van der Waals surface area contributed by atoms with Gasteiger partial charge in [0.25, 0.3) is 5.91 Å². The number of pyridine rings is 1. The summed E-state index contributed by atoms with van der Waals surface area (Å²) in [6.07, 6.45) is 0. The molecule has 0 atom stereocenters. The van der Waals surface area contributed by atoms with Gasteiger partial charge in [0, 0.05) is 4.47 Å². The summed E-state index contributed by atoms with van der Waals surface area (Å²) in [4.78, 5) is 16.1.